The molecule has 7 heteroatoms. The highest BCUT2D eigenvalue weighted by molar-refractivity contribution is 5.86. The Morgan fingerprint density at radius 1 is 0.967 bits per heavy atom. The van der Waals surface area contributed by atoms with Crippen molar-refractivity contribution in [3.8, 4) is 0 Å². The van der Waals surface area contributed by atoms with Crippen LogP contribution in [-0.4, -0.2) is 68.0 Å². The van der Waals surface area contributed by atoms with E-state index in [0.29, 0.717) is 31.3 Å². The van der Waals surface area contributed by atoms with Crippen molar-refractivity contribution in [1.29, 1.82) is 0 Å². The van der Waals surface area contributed by atoms with E-state index in [1.165, 1.54) is 17.2 Å². The number of anilines is 1. The molecule has 6 nitrogen and oxygen atoms in total. The molecule has 2 aliphatic heterocycles. The summed E-state index contributed by atoms with van der Waals surface area (Å²) in [5.74, 6) is 0.603. The zero-order valence-corrected chi connectivity index (χ0v) is 17.4. The van der Waals surface area contributed by atoms with E-state index in [1.807, 2.05) is 29.2 Å². The first-order valence-electron chi connectivity index (χ1n) is 10.5. The Kier molecular flexibility index (Phi) is 6.16. The van der Waals surface area contributed by atoms with Crippen molar-refractivity contribution in [2.75, 3.05) is 51.2 Å². The number of para-hydroxylation sites is 1. The van der Waals surface area contributed by atoms with Crippen LogP contribution < -0.4 is 10.2 Å². The molecule has 1 amide bonds. The monoisotopic (exact) mass is 409 g/mol. The van der Waals surface area contributed by atoms with Crippen LogP contribution in [0.4, 0.5) is 10.1 Å². The van der Waals surface area contributed by atoms with Gasteiger partial charge in [-0.05, 0) is 29.7 Å². The average molecular weight is 410 g/mol. The van der Waals surface area contributed by atoms with Gasteiger partial charge in [0.15, 0.2) is 5.96 Å². The van der Waals surface area contributed by atoms with Crippen LogP contribution in [-0.2, 0) is 17.8 Å². The minimum Gasteiger partial charge on any atom is -0.366 e. The lowest BCUT2D eigenvalue weighted by Gasteiger charge is -2.38. The van der Waals surface area contributed by atoms with Gasteiger partial charge in [-0.15, -0.1) is 0 Å². The number of halogens is 1. The Hall–Kier alpha value is -3.09. The molecular formula is C23H28FN5O. The molecule has 0 atom stereocenters. The summed E-state index contributed by atoms with van der Waals surface area (Å²) in [6.07, 6.45) is 0.897. The molecule has 2 aromatic rings. The van der Waals surface area contributed by atoms with Crippen LogP contribution >= 0.6 is 0 Å². The van der Waals surface area contributed by atoms with Gasteiger partial charge in [-0.25, -0.2) is 4.39 Å². The zero-order valence-electron chi connectivity index (χ0n) is 17.4. The Morgan fingerprint density at radius 2 is 1.67 bits per heavy atom. The molecule has 0 aliphatic carbocycles. The topological polar surface area (TPSA) is 51.2 Å². The summed E-state index contributed by atoms with van der Waals surface area (Å²) in [7, 11) is 1.73. The Balaban J connectivity index is 1.28. The number of nitrogens with zero attached hydrogens (tertiary/aromatic N) is 4. The van der Waals surface area contributed by atoms with Crippen LogP contribution in [0.15, 0.2) is 53.5 Å². The molecule has 0 radical (unpaired) electrons. The normalized spacial score (nSPS) is 17.0. The molecule has 2 aliphatic rings. The number of carbonyl (C=O) groups excluding carboxylic acids is 1. The lowest BCUT2D eigenvalue weighted by molar-refractivity contribution is -0.130. The summed E-state index contributed by atoms with van der Waals surface area (Å²) < 4.78 is 14.0. The Labute approximate surface area is 177 Å². The second-order valence-corrected chi connectivity index (χ2v) is 7.66. The highest BCUT2D eigenvalue weighted by Crippen LogP contribution is 2.20. The second kappa shape index (κ2) is 9.15. The predicted molar refractivity (Wildman–Crippen MR) is 117 cm³/mol. The average Bonchev–Trinajstić information content (AvgIpc) is 2.80. The number of benzene rings is 2. The molecule has 30 heavy (non-hydrogen) atoms. The third-order valence-corrected chi connectivity index (χ3v) is 5.87. The Morgan fingerprint density at radius 3 is 2.40 bits per heavy atom. The number of aliphatic imine (C=N–C) groups is 1. The van der Waals surface area contributed by atoms with Crippen LogP contribution in [0.3, 0.4) is 0 Å². The van der Waals surface area contributed by atoms with Crippen LogP contribution in [0.25, 0.3) is 0 Å². The summed E-state index contributed by atoms with van der Waals surface area (Å²) in [6, 6.07) is 15.2. The first-order chi connectivity index (χ1) is 14.7. The van der Waals surface area contributed by atoms with Crippen LogP contribution in [0.5, 0.6) is 0 Å². The fourth-order valence-corrected chi connectivity index (χ4v) is 4.17. The van der Waals surface area contributed by atoms with Crippen molar-refractivity contribution in [3.63, 3.8) is 0 Å². The number of rotatable bonds is 3. The van der Waals surface area contributed by atoms with Gasteiger partial charge in [0.25, 0.3) is 0 Å². The first kappa shape index (κ1) is 20.2. The fourth-order valence-electron chi connectivity index (χ4n) is 4.17. The standard InChI is InChI=1S/C23H28FN5O/c1-25-23(28-14-12-27(13-15-28)21-9-5-4-8-20(21)24)26-16-22(30)29-11-10-18-6-2-3-7-19(18)17-29/h2-9H,10-17H2,1H3,(H,25,26). The van der Waals surface area contributed by atoms with E-state index in [0.717, 1.165) is 26.1 Å². The van der Waals surface area contributed by atoms with Gasteiger partial charge >= 0.3 is 0 Å². The van der Waals surface area contributed by atoms with Gasteiger partial charge in [0.1, 0.15) is 5.82 Å². The van der Waals surface area contributed by atoms with Crippen molar-refractivity contribution in [2.24, 2.45) is 4.99 Å². The van der Waals surface area contributed by atoms with Crippen LogP contribution in [0.1, 0.15) is 11.1 Å². The number of nitrogens with one attached hydrogen (secondary N) is 1. The second-order valence-electron chi connectivity index (χ2n) is 7.66. The van der Waals surface area contributed by atoms with Gasteiger partial charge in [-0.2, -0.15) is 0 Å². The van der Waals surface area contributed by atoms with Crippen LogP contribution in [0, 0.1) is 5.82 Å². The molecule has 0 saturated carbocycles. The van der Waals surface area contributed by atoms with Crippen molar-refractivity contribution in [2.45, 2.75) is 13.0 Å². The summed E-state index contributed by atoms with van der Waals surface area (Å²) in [5.41, 5.74) is 3.20. The minimum atomic E-state index is -0.192. The molecule has 158 valence electrons. The molecule has 0 spiro atoms. The molecular weight excluding hydrogens is 381 g/mol. The van der Waals surface area contributed by atoms with Gasteiger partial charge in [0.2, 0.25) is 5.91 Å². The molecule has 2 heterocycles. The summed E-state index contributed by atoms with van der Waals surface area (Å²) >= 11 is 0. The number of fused-ring (bicyclic) bond motifs is 1. The molecule has 4 rings (SSSR count). The fraction of sp³-hybridized carbons (Fsp3) is 0.391. The number of amides is 1. The van der Waals surface area contributed by atoms with Gasteiger partial charge in [-0.3, -0.25) is 9.79 Å². The molecule has 0 unspecified atom stereocenters. The maximum absolute atomic E-state index is 14.0. The molecule has 1 N–H and O–H groups in total. The molecule has 2 aromatic carbocycles. The van der Waals surface area contributed by atoms with Gasteiger partial charge in [0.05, 0.1) is 12.2 Å². The minimum absolute atomic E-state index is 0.0793. The quantitative estimate of drug-likeness (QED) is 0.623. The third-order valence-electron chi connectivity index (χ3n) is 5.87. The smallest absolute Gasteiger partial charge is 0.242 e. The van der Waals surface area contributed by atoms with Gasteiger partial charge in [-0.1, -0.05) is 36.4 Å². The number of guanidine groups is 1. The van der Waals surface area contributed by atoms with E-state index in [4.69, 9.17) is 0 Å². The lowest BCUT2D eigenvalue weighted by Crippen LogP contribution is -2.54. The van der Waals surface area contributed by atoms with Crippen molar-refractivity contribution < 1.29 is 9.18 Å². The lowest BCUT2D eigenvalue weighted by atomic mass is 10.00. The van der Waals surface area contributed by atoms with E-state index in [2.05, 4.69) is 32.2 Å². The largest absolute Gasteiger partial charge is 0.366 e. The zero-order chi connectivity index (χ0) is 20.9. The first-order valence-corrected chi connectivity index (χ1v) is 10.5. The van der Waals surface area contributed by atoms with E-state index in [1.54, 1.807) is 13.1 Å². The summed E-state index contributed by atoms with van der Waals surface area (Å²) in [6.45, 7) is 4.49. The maximum Gasteiger partial charge on any atom is 0.242 e. The van der Waals surface area contributed by atoms with Crippen LogP contribution in [0.2, 0.25) is 0 Å². The molecule has 1 saturated heterocycles. The number of carbonyl (C=O) groups is 1. The third kappa shape index (κ3) is 4.40. The van der Waals surface area contributed by atoms with E-state index in [-0.39, 0.29) is 18.3 Å². The van der Waals surface area contributed by atoms with Gasteiger partial charge < -0.3 is 20.0 Å². The number of hydrogen-bond donors (Lipinski definition) is 1. The highest BCUT2D eigenvalue weighted by Gasteiger charge is 2.24. The molecule has 0 aromatic heterocycles. The van der Waals surface area contributed by atoms with Crippen molar-refractivity contribution >= 4 is 17.6 Å². The SMILES string of the molecule is CN=C(NCC(=O)N1CCc2ccccc2C1)N1CCN(c2ccccc2F)CC1. The predicted octanol–water partition coefficient (Wildman–Crippen LogP) is 2.11. The number of piperazine rings is 1. The molecule has 1 fully saturated rings. The number of hydrogen-bond acceptors (Lipinski definition) is 3. The van der Waals surface area contributed by atoms with E-state index in [9.17, 15) is 9.18 Å². The molecule has 0 bridgehead atoms. The summed E-state index contributed by atoms with van der Waals surface area (Å²) in [4.78, 5) is 23.1. The highest BCUT2D eigenvalue weighted by atomic mass is 19.1. The van der Waals surface area contributed by atoms with Crippen molar-refractivity contribution in [1.82, 2.24) is 15.1 Å². The van der Waals surface area contributed by atoms with Gasteiger partial charge in [0, 0.05) is 46.3 Å². The Bertz CT molecular complexity index is 923. The van der Waals surface area contributed by atoms with Crippen molar-refractivity contribution in [3.05, 3.63) is 65.5 Å². The van der Waals surface area contributed by atoms with E-state index >= 15 is 0 Å². The summed E-state index contributed by atoms with van der Waals surface area (Å²) in [5, 5.41) is 3.22. The maximum atomic E-state index is 14.0. The van der Waals surface area contributed by atoms with E-state index < -0.39 is 0 Å².